The van der Waals surface area contributed by atoms with Crippen LogP contribution < -0.4 is 5.11 Å². The van der Waals surface area contributed by atoms with E-state index in [2.05, 4.69) is 0 Å². The van der Waals surface area contributed by atoms with E-state index in [4.69, 9.17) is 5.26 Å². The molecule has 0 saturated heterocycles. The lowest BCUT2D eigenvalue weighted by Gasteiger charge is -2.02. The van der Waals surface area contributed by atoms with Gasteiger partial charge in [-0.25, -0.2) is 0 Å². The molecule has 0 aromatic rings. The van der Waals surface area contributed by atoms with Crippen LogP contribution in [0.2, 0.25) is 0 Å². The average Bonchev–Trinajstić information content (AvgIpc) is 2.40. The predicted molar refractivity (Wildman–Crippen MR) is 36.1 cm³/mol. The molecule has 1 fully saturated rings. The van der Waals surface area contributed by atoms with Crippen molar-refractivity contribution in [3.8, 4) is 6.07 Å². The third-order valence-corrected chi connectivity index (χ3v) is 1.88. The Bertz CT molecular complexity index is 239. The largest absolute Gasteiger partial charge is 0.544 e. The molecule has 0 N–H and O–H groups in total. The van der Waals surface area contributed by atoms with E-state index >= 15 is 0 Å². The molecular weight excluding hydrogens is 142 g/mol. The van der Waals surface area contributed by atoms with Crippen LogP contribution in [0.4, 0.5) is 0 Å². The van der Waals surface area contributed by atoms with Crippen LogP contribution >= 0.6 is 0 Å². The number of hydrogen-bond donors (Lipinski definition) is 0. The molecule has 1 aliphatic carbocycles. The van der Waals surface area contributed by atoms with Crippen LogP contribution in [-0.2, 0) is 4.79 Å². The first kappa shape index (κ1) is 7.80. The van der Waals surface area contributed by atoms with E-state index < -0.39 is 5.97 Å². The van der Waals surface area contributed by atoms with Crippen molar-refractivity contribution in [2.75, 3.05) is 0 Å². The molecule has 0 aromatic heterocycles. The van der Waals surface area contributed by atoms with Gasteiger partial charge in [0.2, 0.25) is 0 Å². The topological polar surface area (TPSA) is 63.9 Å². The summed E-state index contributed by atoms with van der Waals surface area (Å²) < 4.78 is 0. The summed E-state index contributed by atoms with van der Waals surface area (Å²) in [5, 5.41) is 18.8. The minimum Gasteiger partial charge on any atom is -0.544 e. The first-order valence-electron chi connectivity index (χ1n) is 3.59. The molecule has 11 heavy (non-hydrogen) atoms. The maximum Gasteiger partial charge on any atom is 0.101 e. The van der Waals surface area contributed by atoms with Gasteiger partial charge in [-0.1, -0.05) is 5.57 Å². The number of allylic oxidation sites excluding steroid dienone is 1. The summed E-state index contributed by atoms with van der Waals surface area (Å²) in [6.45, 7) is 0. The molecule has 0 atom stereocenters. The van der Waals surface area contributed by atoms with Crippen LogP contribution in [-0.4, -0.2) is 5.97 Å². The van der Waals surface area contributed by atoms with Crippen molar-refractivity contribution in [2.45, 2.75) is 25.7 Å². The highest BCUT2D eigenvalue weighted by Crippen LogP contribution is 2.26. The quantitative estimate of drug-likeness (QED) is 0.394. The molecule has 0 bridgehead atoms. The fourth-order valence-electron chi connectivity index (χ4n) is 1.32. The monoisotopic (exact) mass is 150 g/mol. The van der Waals surface area contributed by atoms with Gasteiger partial charge in [0, 0.05) is 0 Å². The minimum atomic E-state index is -1.33. The Hall–Kier alpha value is -1.30. The summed E-state index contributed by atoms with van der Waals surface area (Å²) in [6, 6.07) is 1.66. The molecule has 0 spiro atoms. The minimum absolute atomic E-state index is 0.150. The molecule has 0 heterocycles. The van der Waals surface area contributed by atoms with Crippen LogP contribution in [0.1, 0.15) is 25.7 Å². The van der Waals surface area contributed by atoms with Crippen LogP contribution in [0, 0.1) is 11.3 Å². The highest BCUT2D eigenvalue weighted by Gasteiger charge is 2.12. The SMILES string of the molecule is N#CC(C(=O)[O-])=C1CCCC1. The van der Waals surface area contributed by atoms with E-state index in [1.165, 1.54) is 0 Å². The Morgan fingerprint density at radius 3 is 2.36 bits per heavy atom. The lowest BCUT2D eigenvalue weighted by Crippen LogP contribution is -2.24. The van der Waals surface area contributed by atoms with Gasteiger partial charge >= 0.3 is 0 Å². The Labute approximate surface area is 64.9 Å². The highest BCUT2D eigenvalue weighted by atomic mass is 16.4. The number of aliphatic carboxylic acids is 1. The van der Waals surface area contributed by atoms with Crippen LogP contribution in [0.25, 0.3) is 0 Å². The van der Waals surface area contributed by atoms with Gasteiger partial charge in [-0.3, -0.25) is 0 Å². The van der Waals surface area contributed by atoms with Gasteiger partial charge < -0.3 is 9.90 Å². The number of carbonyl (C=O) groups is 1. The van der Waals surface area contributed by atoms with Gasteiger partial charge in [0.15, 0.2) is 0 Å². The van der Waals surface area contributed by atoms with E-state index in [-0.39, 0.29) is 5.57 Å². The number of rotatable bonds is 1. The lowest BCUT2D eigenvalue weighted by molar-refractivity contribution is -0.298. The summed E-state index contributed by atoms with van der Waals surface area (Å²) in [4.78, 5) is 10.3. The van der Waals surface area contributed by atoms with Gasteiger partial charge in [-0.05, 0) is 25.7 Å². The summed E-state index contributed by atoms with van der Waals surface area (Å²) in [5.41, 5.74) is 0.606. The fraction of sp³-hybridized carbons (Fsp3) is 0.500. The Kier molecular flexibility index (Phi) is 2.27. The second kappa shape index (κ2) is 3.20. The molecule has 1 saturated carbocycles. The first-order chi connectivity index (χ1) is 5.25. The molecule has 3 nitrogen and oxygen atoms in total. The summed E-state index contributed by atoms with van der Waals surface area (Å²) >= 11 is 0. The third-order valence-electron chi connectivity index (χ3n) is 1.88. The smallest absolute Gasteiger partial charge is 0.101 e. The average molecular weight is 150 g/mol. The number of carbonyl (C=O) groups excluding carboxylic acids is 1. The zero-order valence-electron chi connectivity index (χ0n) is 6.09. The van der Waals surface area contributed by atoms with Gasteiger partial charge in [-0.15, -0.1) is 0 Å². The van der Waals surface area contributed by atoms with Crippen LogP contribution in [0.15, 0.2) is 11.1 Å². The zero-order valence-corrected chi connectivity index (χ0v) is 6.09. The van der Waals surface area contributed by atoms with Crippen LogP contribution in [0.3, 0.4) is 0 Å². The first-order valence-corrected chi connectivity index (χ1v) is 3.59. The standard InChI is InChI=1S/C8H9NO2/c9-5-7(8(10)11)6-3-1-2-4-6/h1-4H2,(H,10,11)/p-1. The molecule has 0 aromatic carbocycles. The number of carboxylic acid groups (broad SMARTS) is 1. The Morgan fingerprint density at radius 2 is 2.00 bits per heavy atom. The fourth-order valence-corrected chi connectivity index (χ4v) is 1.32. The molecule has 1 rings (SSSR count). The summed E-state index contributed by atoms with van der Waals surface area (Å²) in [6.07, 6.45) is 3.48. The van der Waals surface area contributed by atoms with E-state index in [1.807, 2.05) is 0 Å². The maximum absolute atomic E-state index is 10.3. The van der Waals surface area contributed by atoms with E-state index in [0.29, 0.717) is 0 Å². The number of nitrogens with zero attached hydrogens (tertiary/aromatic N) is 1. The van der Waals surface area contributed by atoms with Gasteiger partial charge in [0.05, 0.1) is 11.5 Å². The highest BCUT2D eigenvalue weighted by molar-refractivity contribution is 5.90. The molecule has 0 amide bonds. The molecular formula is C8H8NO2-. The van der Waals surface area contributed by atoms with E-state index in [9.17, 15) is 9.90 Å². The number of carboxylic acids is 1. The van der Waals surface area contributed by atoms with Crippen molar-refractivity contribution in [3.05, 3.63) is 11.1 Å². The normalized spacial score (nSPS) is 16.1. The van der Waals surface area contributed by atoms with Crippen molar-refractivity contribution in [1.29, 1.82) is 5.26 Å². The van der Waals surface area contributed by atoms with Crippen molar-refractivity contribution < 1.29 is 9.90 Å². The Morgan fingerprint density at radius 1 is 1.45 bits per heavy atom. The second-order valence-electron chi connectivity index (χ2n) is 2.58. The van der Waals surface area contributed by atoms with Crippen molar-refractivity contribution in [3.63, 3.8) is 0 Å². The van der Waals surface area contributed by atoms with E-state index in [1.54, 1.807) is 6.07 Å². The summed E-state index contributed by atoms with van der Waals surface area (Å²) in [7, 11) is 0. The van der Waals surface area contributed by atoms with E-state index in [0.717, 1.165) is 31.3 Å². The van der Waals surface area contributed by atoms with Crippen LogP contribution in [0.5, 0.6) is 0 Å². The molecule has 1 aliphatic rings. The number of hydrogen-bond acceptors (Lipinski definition) is 3. The third kappa shape index (κ3) is 1.58. The zero-order chi connectivity index (χ0) is 8.27. The molecule has 58 valence electrons. The second-order valence-corrected chi connectivity index (χ2v) is 2.58. The van der Waals surface area contributed by atoms with Crippen molar-refractivity contribution >= 4 is 5.97 Å². The molecule has 0 radical (unpaired) electrons. The Balaban J connectivity index is 2.90. The number of nitriles is 1. The summed E-state index contributed by atoms with van der Waals surface area (Å²) in [5.74, 6) is -1.33. The molecule has 0 aliphatic heterocycles. The predicted octanol–water partition coefficient (Wildman–Crippen LogP) is 0.130. The molecule has 3 heteroatoms. The van der Waals surface area contributed by atoms with Crippen molar-refractivity contribution in [1.82, 2.24) is 0 Å². The maximum atomic E-state index is 10.3. The van der Waals surface area contributed by atoms with Crippen molar-refractivity contribution in [2.24, 2.45) is 0 Å². The van der Waals surface area contributed by atoms with Gasteiger partial charge in [-0.2, -0.15) is 5.26 Å². The van der Waals surface area contributed by atoms with Gasteiger partial charge in [0.25, 0.3) is 0 Å². The lowest BCUT2D eigenvalue weighted by atomic mass is 10.1. The van der Waals surface area contributed by atoms with Gasteiger partial charge in [0.1, 0.15) is 6.07 Å². The molecule has 0 unspecified atom stereocenters.